The van der Waals surface area contributed by atoms with Crippen LogP contribution in [0.4, 0.5) is 0 Å². The van der Waals surface area contributed by atoms with E-state index in [0.29, 0.717) is 18.5 Å². The number of rotatable bonds is 6. The molecule has 0 spiro atoms. The summed E-state index contributed by atoms with van der Waals surface area (Å²) in [6.07, 6.45) is 3.38. The molecule has 0 aromatic carbocycles. The number of sulfonamides is 1. The van der Waals surface area contributed by atoms with E-state index in [0.717, 1.165) is 6.42 Å². The summed E-state index contributed by atoms with van der Waals surface area (Å²) in [6, 6.07) is 0.765. The van der Waals surface area contributed by atoms with Crippen LogP contribution < -0.4 is 10.0 Å². The Labute approximate surface area is 91.9 Å². The van der Waals surface area contributed by atoms with Gasteiger partial charge in [-0.05, 0) is 32.1 Å². The van der Waals surface area contributed by atoms with Crippen molar-refractivity contribution in [2.75, 3.05) is 6.54 Å². The van der Waals surface area contributed by atoms with Gasteiger partial charge < -0.3 is 5.32 Å². The number of hydrogen-bond donors (Lipinski definition) is 2. The molecule has 0 aromatic heterocycles. The standard InChI is InChI=1S/C10H20N2O2S/c1-7-5-10(7)12-15(13,14)8(2)6-11-9-3-4-9/h7-12H,3-6H2,1-2H3. The van der Waals surface area contributed by atoms with Crippen LogP contribution in [0.5, 0.6) is 0 Å². The summed E-state index contributed by atoms with van der Waals surface area (Å²) in [5.74, 6) is 0.517. The molecular formula is C10H20N2O2S. The molecule has 0 aromatic rings. The van der Waals surface area contributed by atoms with Crippen LogP contribution in [0.25, 0.3) is 0 Å². The molecule has 0 saturated heterocycles. The van der Waals surface area contributed by atoms with Gasteiger partial charge >= 0.3 is 0 Å². The van der Waals surface area contributed by atoms with E-state index in [1.807, 2.05) is 0 Å². The highest BCUT2D eigenvalue weighted by atomic mass is 32.2. The van der Waals surface area contributed by atoms with Crippen LogP contribution in [0, 0.1) is 5.92 Å². The zero-order valence-electron chi connectivity index (χ0n) is 9.36. The molecule has 2 saturated carbocycles. The quantitative estimate of drug-likeness (QED) is 0.699. The summed E-state index contributed by atoms with van der Waals surface area (Å²) in [6.45, 7) is 4.41. The van der Waals surface area contributed by atoms with E-state index < -0.39 is 10.0 Å². The molecule has 15 heavy (non-hydrogen) atoms. The van der Waals surface area contributed by atoms with Gasteiger partial charge in [-0.2, -0.15) is 0 Å². The van der Waals surface area contributed by atoms with Crippen molar-refractivity contribution in [3.05, 3.63) is 0 Å². The van der Waals surface area contributed by atoms with E-state index in [1.165, 1.54) is 12.8 Å². The van der Waals surface area contributed by atoms with Crippen molar-refractivity contribution < 1.29 is 8.42 Å². The van der Waals surface area contributed by atoms with Gasteiger partial charge in [0.2, 0.25) is 10.0 Å². The molecule has 0 amide bonds. The smallest absolute Gasteiger partial charge is 0.215 e. The molecule has 0 bridgehead atoms. The van der Waals surface area contributed by atoms with Crippen molar-refractivity contribution in [2.45, 2.75) is 50.4 Å². The molecular weight excluding hydrogens is 212 g/mol. The van der Waals surface area contributed by atoms with Gasteiger partial charge in [-0.1, -0.05) is 6.92 Å². The Bertz CT molecular complexity index is 324. The summed E-state index contributed by atoms with van der Waals surface area (Å²) < 4.78 is 26.4. The van der Waals surface area contributed by atoms with Gasteiger partial charge in [0.25, 0.3) is 0 Å². The second-order valence-corrected chi connectivity index (χ2v) is 7.11. The lowest BCUT2D eigenvalue weighted by Gasteiger charge is -2.14. The third kappa shape index (κ3) is 3.16. The van der Waals surface area contributed by atoms with Gasteiger partial charge in [-0.3, -0.25) is 0 Å². The molecule has 2 rings (SSSR count). The fourth-order valence-electron chi connectivity index (χ4n) is 1.54. The minimum Gasteiger partial charge on any atom is -0.313 e. The highest BCUT2D eigenvalue weighted by Gasteiger charge is 2.37. The Kier molecular flexibility index (Phi) is 3.05. The van der Waals surface area contributed by atoms with Crippen molar-refractivity contribution in [3.8, 4) is 0 Å². The van der Waals surface area contributed by atoms with Crippen LogP contribution in [-0.4, -0.2) is 32.3 Å². The maximum absolute atomic E-state index is 11.8. The predicted molar refractivity (Wildman–Crippen MR) is 60.1 cm³/mol. The normalized spacial score (nSPS) is 32.7. The maximum Gasteiger partial charge on any atom is 0.215 e. The van der Waals surface area contributed by atoms with E-state index in [9.17, 15) is 8.42 Å². The molecule has 3 atom stereocenters. The highest BCUT2D eigenvalue weighted by Crippen LogP contribution is 2.30. The van der Waals surface area contributed by atoms with Gasteiger partial charge in [0, 0.05) is 18.6 Å². The van der Waals surface area contributed by atoms with Crippen LogP contribution in [0.15, 0.2) is 0 Å². The molecule has 0 heterocycles. The van der Waals surface area contributed by atoms with E-state index in [4.69, 9.17) is 0 Å². The molecule has 2 fully saturated rings. The van der Waals surface area contributed by atoms with E-state index in [1.54, 1.807) is 6.92 Å². The van der Waals surface area contributed by atoms with Crippen molar-refractivity contribution in [2.24, 2.45) is 5.92 Å². The fraction of sp³-hybridized carbons (Fsp3) is 1.00. The third-order valence-electron chi connectivity index (χ3n) is 3.23. The van der Waals surface area contributed by atoms with Crippen molar-refractivity contribution in [1.82, 2.24) is 10.0 Å². The lowest BCUT2D eigenvalue weighted by atomic mass is 10.4. The predicted octanol–water partition coefficient (Wildman–Crippen LogP) is 0.455. The second kappa shape index (κ2) is 4.03. The number of hydrogen-bond acceptors (Lipinski definition) is 3. The summed E-state index contributed by atoms with van der Waals surface area (Å²) in [7, 11) is -3.11. The SMILES string of the molecule is CC1CC1NS(=O)(=O)C(C)CNC1CC1. The van der Waals surface area contributed by atoms with Gasteiger partial charge in [-0.25, -0.2) is 13.1 Å². The monoisotopic (exact) mass is 232 g/mol. The van der Waals surface area contributed by atoms with Crippen LogP contribution in [0.2, 0.25) is 0 Å². The molecule has 0 aliphatic heterocycles. The molecule has 2 aliphatic rings. The Morgan fingerprint density at radius 3 is 2.47 bits per heavy atom. The zero-order chi connectivity index (χ0) is 11.1. The molecule has 3 unspecified atom stereocenters. The average molecular weight is 232 g/mol. The Balaban J connectivity index is 1.77. The summed E-state index contributed by atoms with van der Waals surface area (Å²) in [5, 5.41) is 2.92. The summed E-state index contributed by atoms with van der Waals surface area (Å²) in [4.78, 5) is 0. The van der Waals surface area contributed by atoms with Crippen molar-refractivity contribution in [1.29, 1.82) is 0 Å². The first kappa shape index (κ1) is 11.4. The van der Waals surface area contributed by atoms with Crippen LogP contribution >= 0.6 is 0 Å². The molecule has 0 radical (unpaired) electrons. The van der Waals surface area contributed by atoms with Gasteiger partial charge in [0.1, 0.15) is 0 Å². The molecule has 5 heteroatoms. The Morgan fingerprint density at radius 1 is 1.40 bits per heavy atom. The molecule has 2 aliphatic carbocycles. The van der Waals surface area contributed by atoms with Crippen molar-refractivity contribution >= 4 is 10.0 Å². The first-order valence-electron chi connectivity index (χ1n) is 5.73. The highest BCUT2D eigenvalue weighted by molar-refractivity contribution is 7.90. The summed E-state index contributed by atoms with van der Waals surface area (Å²) >= 11 is 0. The molecule has 2 N–H and O–H groups in total. The zero-order valence-corrected chi connectivity index (χ0v) is 10.2. The van der Waals surface area contributed by atoms with E-state index in [2.05, 4.69) is 17.0 Å². The van der Waals surface area contributed by atoms with Gasteiger partial charge in [0.05, 0.1) is 5.25 Å². The minimum atomic E-state index is -3.11. The second-order valence-electron chi connectivity index (χ2n) is 4.98. The van der Waals surface area contributed by atoms with Crippen LogP contribution in [0.3, 0.4) is 0 Å². The lowest BCUT2D eigenvalue weighted by Crippen LogP contribution is -2.40. The first-order valence-corrected chi connectivity index (χ1v) is 7.28. The van der Waals surface area contributed by atoms with Gasteiger partial charge in [-0.15, -0.1) is 0 Å². The Hall–Kier alpha value is -0.130. The number of nitrogens with one attached hydrogen (secondary N) is 2. The van der Waals surface area contributed by atoms with E-state index in [-0.39, 0.29) is 11.3 Å². The summed E-state index contributed by atoms with van der Waals surface area (Å²) in [5.41, 5.74) is 0. The topological polar surface area (TPSA) is 58.2 Å². The molecule has 4 nitrogen and oxygen atoms in total. The van der Waals surface area contributed by atoms with Crippen molar-refractivity contribution in [3.63, 3.8) is 0 Å². The average Bonchev–Trinajstić information content (AvgIpc) is 3.02. The lowest BCUT2D eigenvalue weighted by molar-refractivity contribution is 0.554. The van der Waals surface area contributed by atoms with E-state index >= 15 is 0 Å². The van der Waals surface area contributed by atoms with Crippen LogP contribution in [-0.2, 0) is 10.0 Å². The first-order chi connectivity index (χ1) is 6.99. The Morgan fingerprint density at radius 2 is 2.00 bits per heavy atom. The molecule has 88 valence electrons. The maximum atomic E-state index is 11.8. The third-order valence-corrected chi connectivity index (χ3v) is 5.08. The van der Waals surface area contributed by atoms with Crippen LogP contribution in [0.1, 0.15) is 33.1 Å². The van der Waals surface area contributed by atoms with Gasteiger partial charge in [0.15, 0.2) is 0 Å². The minimum absolute atomic E-state index is 0.193. The largest absolute Gasteiger partial charge is 0.313 e. The fourth-order valence-corrected chi connectivity index (χ4v) is 2.84.